The van der Waals surface area contributed by atoms with Gasteiger partial charge in [0.25, 0.3) is 5.91 Å². The number of hydrogen-bond donors (Lipinski definition) is 1. The zero-order chi connectivity index (χ0) is 20.2. The zero-order valence-corrected chi connectivity index (χ0v) is 16.0. The topological polar surface area (TPSA) is 101 Å². The lowest BCUT2D eigenvalue weighted by atomic mass is 9.71. The van der Waals surface area contributed by atoms with Gasteiger partial charge in [0.05, 0.1) is 30.8 Å². The number of fused-ring (bicyclic) bond motifs is 4. The minimum Gasteiger partial charge on any atom is -0.489 e. The molecule has 7 nitrogen and oxygen atoms in total. The molecule has 2 N–H and O–H groups in total. The van der Waals surface area contributed by atoms with Gasteiger partial charge in [0, 0.05) is 19.0 Å². The number of benzene rings is 2. The van der Waals surface area contributed by atoms with E-state index in [0.29, 0.717) is 36.5 Å². The van der Waals surface area contributed by atoms with Gasteiger partial charge in [-0.2, -0.15) is 5.26 Å². The summed E-state index contributed by atoms with van der Waals surface area (Å²) in [6, 6.07) is 15.3. The van der Waals surface area contributed by atoms with Gasteiger partial charge in [-0.05, 0) is 35.4 Å². The number of carbonyl (C=O) groups is 1. The number of nitrogens with two attached hydrogens (primary N) is 1. The molecule has 1 spiro atoms. The predicted octanol–water partition coefficient (Wildman–Crippen LogP) is 2.00. The number of amides is 1. The first kappa shape index (κ1) is 17.7. The molecule has 3 atom stereocenters. The highest BCUT2D eigenvalue weighted by molar-refractivity contribution is 6.07. The summed E-state index contributed by atoms with van der Waals surface area (Å²) in [7, 11) is 1.64. The summed E-state index contributed by atoms with van der Waals surface area (Å²) >= 11 is 0. The summed E-state index contributed by atoms with van der Waals surface area (Å²) in [5.74, 6) is 0.431. The van der Waals surface area contributed by atoms with E-state index in [1.807, 2.05) is 36.4 Å². The minimum atomic E-state index is -1.15. The molecule has 146 valence electrons. The number of nitriles is 1. The lowest BCUT2D eigenvalue weighted by Gasteiger charge is -2.45. The van der Waals surface area contributed by atoms with Gasteiger partial charge in [-0.25, -0.2) is 4.99 Å². The van der Waals surface area contributed by atoms with Crippen molar-refractivity contribution in [2.75, 3.05) is 20.3 Å². The Balaban J connectivity index is 1.72. The quantitative estimate of drug-likeness (QED) is 0.805. The van der Waals surface area contributed by atoms with Crippen molar-refractivity contribution in [3.63, 3.8) is 0 Å². The van der Waals surface area contributed by atoms with Crippen LogP contribution in [0.5, 0.6) is 5.75 Å². The smallest absolute Gasteiger partial charge is 0.262 e. The molecule has 1 amide bonds. The first-order valence-electron chi connectivity index (χ1n) is 9.57. The number of likely N-dealkylation sites (N-methyl/N-ethyl adjacent to an activating group) is 1. The van der Waals surface area contributed by atoms with E-state index in [1.165, 1.54) is 4.90 Å². The maximum absolute atomic E-state index is 13.4. The molecule has 3 aliphatic heterocycles. The Labute approximate surface area is 168 Å². The van der Waals surface area contributed by atoms with Crippen LogP contribution in [0.25, 0.3) is 11.1 Å². The first-order chi connectivity index (χ1) is 14.0. The molecule has 0 radical (unpaired) electrons. The highest BCUT2D eigenvalue weighted by atomic mass is 16.5. The van der Waals surface area contributed by atoms with Gasteiger partial charge in [-0.15, -0.1) is 0 Å². The van der Waals surface area contributed by atoms with Crippen molar-refractivity contribution >= 4 is 11.9 Å². The van der Waals surface area contributed by atoms with Crippen LogP contribution >= 0.6 is 0 Å². The second kappa shape index (κ2) is 6.33. The van der Waals surface area contributed by atoms with Gasteiger partial charge in [0.15, 0.2) is 11.5 Å². The molecule has 2 aromatic rings. The van der Waals surface area contributed by atoms with Crippen molar-refractivity contribution in [1.82, 2.24) is 4.90 Å². The van der Waals surface area contributed by atoms with Crippen LogP contribution < -0.4 is 10.5 Å². The van der Waals surface area contributed by atoms with Crippen LogP contribution in [0.3, 0.4) is 0 Å². The number of aliphatic imine (C=N–C) groups is 1. The van der Waals surface area contributed by atoms with E-state index in [9.17, 15) is 10.1 Å². The minimum absolute atomic E-state index is 0.156. The number of hydrogen-bond acceptors (Lipinski definition) is 6. The zero-order valence-electron chi connectivity index (χ0n) is 16.0. The fraction of sp³-hybridized carbons (Fsp3) is 0.318. The van der Waals surface area contributed by atoms with E-state index in [-0.39, 0.29) is 23.9 Å². The van der Waals surface area contributed by atoms with E-state index >= 15 is 0 Å². The van der Waals surface area contributed by atoms with Crippen LogP contribution in [0.1, 0.15) is 17.5 Å². The maximum Gasteiger partial charge on any atom is 0.262 e. The molecule has 1 saturated heterocycles. The maximum atomic E-state index is 13.4. The van der Waals surface area contributed by atoms with Gasteiger partial charge in [-0.3, -0.25) is 9.69 Å². The Hall–Kier alpha value is -3.37. The monoisotopic (exact) mass is 388 g/mol. The molecule has 29 heavy (non-hydrogen) atoms. The SMILES string of the molecule is CN1C(=O)[C@]2(N=C1N)c1cc(-c3cccc(C#N)c3)ccc1O[C@H]1CCOC[C@@H]12. The number of nitrogens with zero attached hydrogens (tertiary/aromatic N) is 3. The second-order valence-corrected chi connectivity index (χ2v) is 7.63. The highest BCUT2D eigenvalue weighted by Crippen LogP contribution is 2.51. The molecule has 7 heteroatoms. The Kier molecular flexibility index (Phi) is 3.86. The first-order valence-corrected chi connectivity index (χ1v) is 9.57. The summed E-state index contributed by atoms with van der Waals surface area (Å²) < 4.78 is 12.0. The third-order valence-corrected chi connectivity index (χ3v) is 6.09. The van der Waals surface area contributed by atoms with Crippen molar-refractivity contribution in [1.29, 1.82) is 5.26 Å². The van der Waals surface area contributed by atoms with Gasteiger partial charge in [0.1, 0.15) is 11.9 Å². The molecule has 0 bridgehead atoms. The largest absolute Gasteiger partial charge is 0.489 e. The Bertz CT molecular complexity index is 1090. The number of rotatable bonds is 1. The molecule has 3 aliphatic rings. The molecule has 2 aromatic carbocycles. The average Bonchev–Trinajstić information content (AvgIpc) is 2.98. The number of carbonyl (C=O) groups excluding carboxylic acids is 1. The van der Waals surface area contributed by atoms with E-state index in [4.69, 9.17) is 20.2 Å². The highest BCUT2D eigenvalue weighted by Gasteiger charge is 2.60. The van der Waals surface area contributed by atoms with Crippen molar-refractivity contribution < 1.29 is 14.3 Å². The summed E-state index contributed by atoms with van der Waals surface area (Å²) in [5, 5.41) is 9.23. The lowest BCUT2D eigenvalue weighted by Crippen LogP contribution is -2.56. The second-order valence-electron chi connectivity index (χ2n) is 7.63. The van der Waals surface area contributed by atoms with E-state index in [2.05, 4.69) is 6.07 Å². The molecule has 0 saturated carbocycles. The summed E-state index contributed by atoms with van der Waals surface area (Å²) in [6.45, 7) is 0.976. The van der Waals surface area contributed by atoms with Crippen LogP contribution in [-0.4, -0.2) is 43.1 Å². The molecule has 0 aromatic heterocycles. The summed E-state index contributed by atoms with van der Waals surface area (Å²) in [5.41, 5.74) is 7.97. The third kappa shape index (κ3) is 2.46. The Morgan fingerprint density at radius 2 is 2.10 bits per heavy atom. The normalized spacial score (nSPS) is 27.7. The Morgan fingerprint density at radius 3 is 2.86 bits per heavy atom. The van der Waals surface area contributed by atoms with Gasteiger partial charge < -0.3 is 15.2 Å². The fourth-order valence-corrected chi connectivity index (χ4v) is 4.57. The van der Waals surface area contributed by atoms with E-state index < -0.39 is 5.54 Å². The van der Waals surface area contributed by atoms with Crippen LogP contribution in [0.15, 0.2) is 47.5 Å². The van der Waals surface area contributed by atoms with Gasteiger partial charge >= 0.3 is 0 Å². The molecule has 3 heterocycles. The van der Waals surface area contributed by atoms with Crippen molar-refractivity contribution in [3.05, 3.63) is 53.6 Å². The van der Waals surface area contributed by atoms with Crippen molar-refractivity contribution in [2.45, 2.75) is 18.1 Å². The van der Waals surface area contributed by atoms with Crippen LogP contribution in [0.4, 0.5) is 0 Å². The third-order valence-electron chi connectivity index (χ3n) is 6.09. The number of ether oxygens (including phenoxy) is 2. The molecule has 1 fully saturated rings. The predicted molar refractivity (Wildman–Crippen MR) is 106 cm³/mol. The average molecular weight is 388 g/mol. The molecule has 5 rings (SSSR count). The summed E-state index contributed by atoms with van der Waals surface area (Å²) in [4.78, 5) is 19.5. The Morgan fingerprint density at radius 1 is 1.28 bits per heavy atom. The van der Waals surface area contributed by atoms with Crippen molar-refractivity contribution in [2.24, 2.45) is 16.6 Å². The fourth-order valence-electron chi connectivity index (χ4n) is 4.57. The van der Waals surface area contributed by atoms with Gasteiger partial charge in [-0.1, -0.05) is 18.2 Å². The van der Waals surface area contributed by atoms with E-state index in [1.54, 1.807) is 13.1 Å². The standard InChI is InChI=1S/C22H20N4O3/c1-26-20(27)22(25-21(26)24)16-10-15(14-4-2-3-13(9-14)11-23)5-6-18(16)29-19-7-8-28-12-17(19)22/h2-6,9-10,17,19H,7-8,12H2,1H3,(H2,24,25)/t17-,19-,22-/m0/s1. The van der Waals surface area contributed by atoms with E-state index in [0.717, 1.165) is 11.1 Å². The van der Waals surface area contributed by atoms with Crippen molar-refractivity contribution in [3.8, 4) is 22.9 Å². The van der Waals surface area contributed by atoms with Crippen LogP contribution in [-0.2, 0) is 15.1 Å². The van der Waals surface area contributed by atoms with Crippen LogP contribution in [0.2, 0.25) is 0 Å². The van der Waals surface area contributed by atoms with Crippen LogP contribution in [0, 0.1) is 17.2 Å². The number of guanidine groups is 1. The lowest BCUT2D eigenvalue weighted by molar-refractivity contribution is -0.141. The molecule has 0 unspecified atom stereocenters. The van der Waals surface area contributed by atoms with Gasteiger partial charge in [0.2, 0.25) is 0 Å². The molecular weight excluding hydrogens is 368 g/mol. The molecule has 0 aliphatic carbocycles. The summed E-state index contributed by atoms with van der Waals surface area (Å²) in [6.07, 6.45) is 0.542. The molecular formula is C22H20N4O3.